The summed E-state index contributed by atoms with van der Waals surface area (Å²) in [7, 11) is 1.67. The highest BCUT2D eigenvalue weighted by molar-refractivity contribution is 8.03. The van der Waals surface area contributed by atoms with E-state index in [4.69, 9.17) is 0 Å². The van der Waals surface area contributed by atoms with Crippen molar-refractivity contribution in [1.29, 1.82) is 0 Å². The van der Waals surface area contributed by atoms with Gasteiger partial charge in [-0.3, -0.25) is 14.4 Å². The van der Waals surface area contributed by atoms with Crippen molar-refractivity contribution in [2.45, 2.75) is 56.5 Å². The molecular weight excluding hydrogens is 446 g/mol. The molecule has 0 aromatic rings. The number of carbonyl (C=O) groups excluding carboxylic acids is 3. The van der Waals surface area contributed by atoms with Gasteiger partial charge in [0.05, 0.1) is 24.5 Å². The SMILES string of the molecule is CNCC(=O)N[C@H](C)[C@H]1C(=O)N2C(C(=O)O)=C(S[C@@H]3CN[C@H](C(=O)N4CCCC4)C3)[C@H](C)[C@@H]12. The molecule has 0 aliphatic carbocycles. The largest absolute Gasteiger partial charge is 0.477 e. The van der Waals surface area contributed by atoms with Crippen molar-refractivity contribution in [3.05, 3.63) is 10.6 Å². The Balaban J connectivity index is 1.44. The molecule has 3 fully saturated rings. The highest BCUT2D eigenvalue weighted by atomic mass is 32.2. The van der Waals surface area contributed by atoms with Gasteiger partial charge in [-0.25, -0.2) is 4.79 Å². The lowest BCUT2D eigenvalue weighted by Gasteiger charge is -2.47. The first-order valence-corrected chi connectivity index (χ1v) is 12.6. The van der Waals surface area contributed by atoms with Crippen molar-refractivity contribution in [1.82, 2.24) is 25.8 Å². The fraction of sp³-hybridized carbons (Fsp3) is 0.727. The van der Waals surface area contributed by atoms with Gasteiger partial charge < -0.3 is 30.9 Å². The predicted octanol–water partition coefficient (Wildman–Crippen LogP) is -0.430. The molecule has 10 nitrogen and oxygen atoms in total. The van der Waals surface area contributed by atoms with Crippen LogP contribution in [0.3, 0.4) is 0 Å². The van der Waals surface area contributed by atoms with Gasteiger partial charge in [0.2, 0.25) is 17.7 Å². The van der Waals surface area contributed by atoms with Gasteiger partial charge in [-0.05, 0) is 33.2 Å². The maximum absolute atomic E-state index is 12.9. The van der Waals surface area contributed by atoms with Crippen molar-refractivity contribution in [2.75, 3.05) is 33.2 Å². The van der Waals surface area contributed by atoms with Gasteiger partial charge >= 0.3 is 5.97 Å². The molecule has 0 spiro atoms. The van der Waals surface area contributed by atoms with E-state index in [1.807, 2.05) is 11.8 Å². The summed E-state index contributed by atoms with van der Waals surface area (Å²) in [5.41, 5.74) is 0.0572. The molecule has 0 saturated carbocycles. The van der Waals surface area contributed by atoms with Crippen LogP contribution in [0.25, 0.3) is 0 Å². The maximum Gasteiger partial charge on any atom is 0.353 e. The molecule has 0 unspecified atom stereocenters. The number of amides is 3. The average molecular weight is 480 g/mol. The standard InChI is InChI=1S/C22H33N5O5S/c1-11-17-16(12(2)25-15(28)10-23-3)21(30)27(17)18(22(31)32)19(11)33-13-8-14(24-9-13)20(29)26-6-4-5-7-26/h11-14,16-17,23-24H,4-10H2,1-3H3,(H,25,28)(H,31,32)/t11-,12-,13+,14+,16-,17+/m1/s1. The van der Waals surface area contributed by atoms with Crippen LogP contribution in [0.4, 0.5) is 0 Å². The number of rotatable bonds is 8. The molecule has 33 heavy (non-hydrogen) atoms. The number of nitrogens with zero attached hydrogens (tertiary/aromatic N) is 2. The molecule has 0 bridgehead atoms. The van der Waals surface area contributed by atoms with Crippen LogP contribution in [0, 0.1) is 11.8 Å². The average Bonchev–Trinajstić information content (AvgIpc) is 3.48. The predicted molar refractivity (Wildman–Crippen MR) is 123 cm³/mol. The normalized spacial score (nSPS) is 32.1. The number of nitrogens with one attached hydrogen (secondary N) is 3. The molecule has 0 aromatic heterocycles. The van der Waals surface area contributed by atoms with E-state index in [1.165, 1.54) is 16.7 Å². The second kappa shape index (κ2) is 9.63. The monoisotopic (exact) mass is 479 g/mol. The van der Waals surface area contributed by atoms with E-state index in [1.54, 1.807) is 14.0 Å². The van der Waals surface area contributed by atoms with Gasteiger partial charge in [0.15, 0.2) is 0 Å². The van der Waals surface area contributed by atoms with E-state index in [-0.39, 0.29) is 53.2 Å². The van der Waals surface area contributed by atoms with Gasteiger partial charge in [0.25, 0.3) is 0 Å². The van der Waals surface area contributed by atoms with Crippen LogP contribution in [0.1, 0.15) is 33.1 Å². The van der Waals surface area contributed by atoms with Crippen LogP contribution in [0.15, 0.2) is 10.6 Å². The van der Waals surface area contributed by atoms with Crippen molar-refractivity contribution < 1.29 is 24.3 Å². The Morgan fingerprint density at radius 1 is 1.27 bits per heavy atom. The Morgan fingerprint density at radius 2 is 1.97 bits per heavy atom. The second-order valence-electron chi connectivity index (χ2n) is 9.39. The number of carbonyl (C=O) groups is 4. The summed E-state index contributed by atoms with van der Waals surface area (Å²) >= 11 is 1.48. The summed E-state index contributed by atoms with van der Waals surface area (Å²) in [5.74, 6) is -2.05. The number of aliphatic carboxylic acids is 1. The number of β-lactam (4-membered cyclic amide) rings is 1. The maximum atomic E-state index is 12.9. The topological polar surface area (TPSA) is 131 Å². The first kappa shape index (κ1) is 24.0. The summed E-state index contributed by atoms with van der Waals surface area (Å²) in [5, 5.41) is 18.9. The summed E-state index contributed by atoms with van der Waals surface area (Å²) in [6.07, 6.45) is 2.73. The van der Waals surface area contributed by atoms with Gasteiger partial charge in [0.1, 0.15) is 5.70 Å². The molecule has 4 aliphatic rings. The number of likely N-dealkylation sites (N-methyl/N-ethyl adjacent to an activating group) is 1. The number of hydrogen-bond acceptors (Lipinski definition) is 7. The molecule has 0 radical (unpaired) electrons. The fourth-order valence-electron chi connectivity index (χ4n) is 5.57. The molecule has 6 atom stereocenters. The molecule has 4 aliphatic heterocycles. The molecule has 11 heteroatoms. The van der Waals surface area contributed by atoms with Crippen molar-refractivity contribution in [3.8, 4) is 0 Å². The van der Waals surface area contributed by atoms with Gasteiger partial charge in [-0.2, -0.15) is 0 Å². The van der Waals surface area contributed by atoms with Gasteiger partial charge in [0, 0.05) is 41.7 Å². The van der Waals surface area contributed by atoms with Crippen LogP contribution in [0.5, 0.6) is 0 Å². The van der Waals surface area contributed by atoms with Crippen LogP contribution >= 0.6 is 11.8 Å². The van der Waals surface area contributed by atoms with E-state index in [9.17, 15) is 24.3 Å². The van der Waals surface area contributed by atoms with Crippen molar-refractivity contribution in [2.24, 2.45) is 11.8 Å². The molecule has 0 aromatic carbocycles. The minimum absolute atomic E-state index is 0.0572. The Bertz CT molecular complexity index is 873. The number of hydrogen-bond donors (Lipinski definition) is 4. The number of fused-ring (bicyclic) bond motifs is 1. The zero-order valence-electron chi connectivity index (χ0n) is 19.3. The molecule has 4 heterocycles. The minimum atomic E-state index is -1.11. The second-order valence-corrected chi connectivity index (χ2v) is 10.7. The van der Waals surface area contributed by atoms with Crippen molar-refractivity contribution in [3.63, 3.8) is 0 Å². The summed E-state index contributed by atoms with van der Waals surface area (Å²) in [6, 6.07) is -0.913. The Labute approximate surface area is 197 Å². The number of carboxylic acids is 1. The molecule has 3 amide bonds. The summed E-state index contributed by atoms with van der Waals surface area (Å²) in [4.78, 5) is 53.8. The molecule has 3 saturated heterocycles. The van der Waals surface area contributed by atoms with Gasteiger partial charge in [-0.1, -0.05) is 6.92 Å². The first-order chi connectivity index (χ1) is 15.7. The van der Waals surface area contributed by atoms with E-state index >= 15 is 0 Å². The highest BCUT2D eigenvalue weighted by Crippen LogP contribution is 2.51. The minimum Gasteiger partial charge on any atom is -0.477 e. The highest BCUT2D eigenvalue weighted by Gasteiger charge is 2.60. The lowest BCUT2D eigenvalue weighted by molar-refractivity contribution is -0.158. The van der Waals surface area contributed by atoms with E-state index in [0.29, 0.717) is 17.9 Å². The van der Waals surface area contributed by atoms with Crippen molar-refractivity contribution >= 4 is 35.5 Å². The Morgan fingerprint density at radius 3 is 2.61 bits per heavy atom. The first-order valence-electron chi connectivity index (χ1n) is 11.7. The molecule has 182 valence electrons. The van der Waals surface area contributed by atoms with Crippen LogP contribution in [0.2, 0.25) is 0 Å². The summed E-state index contributed by atoms with van der Waals surface area (Å²) < 4.78 is 0. The third-order valence-electron chi connectivity index (χ3n) is 7.16. The number of likely N-dealkylation sites (tertiary alicyclic amines) is 1. The summed E-state index contributed by atoms with van der Waals surface area (Å²) in [6.45, 7) is 6.14. The lowest BCUT2D eigenvalue weighted by Crippen LogP contribution is -2.66. The Hall–Kier alpha value is -2.11. The van der Waals surface area contributed by atoms with Crippen LogP contribution < -0.4 is 16.0 Å². The third kappa shape index (κ3) is 4.38. The third-order valence-corrected chi connectivity index (χ3v) is 8.67. The fourth-order valence-corrected chi connectivity index (χ4v) is 7.05. The van der Waals surface area contributed by atoms with Crippen LogP contribution in [-0.2, 0) is 19.2 Å². The quantitative estimate of drug-likeness (QED) is 0.345. The number of thioether (sulfide) groups is 1. The molecule has 4 rings (SSSR count). The van der Waals surface area contributed by atoms with E-state index < -0.39 is 17.9 Å². The number of carboxylic acid groups (broad SMARTS) is 1. The zero-order valence-corrected chi connectivity index (χ0v) is 20.1. The zero-order chi connectivity index (χ0) is 23.9. The smallest absolute Gasteiger partial charge is 0.353 e. The molecule has 4 N–H and O–H groups in total. The van der Waals surface area contributed by atoms with Crippen LogP contribution in [-0.4, -0.2) is 95.2 Å². The van der Waals surface area contributed by atoms with E-state index in [2.05, 4.69) is 16.0 Å². The lowest BCUT2D eigenvalue weighted by atomic mass is 9.78. The Kier molecular flexibility index (Phi) is 7.01. The molecular formula is C22H33N5O5S. The van der Waals surface area contributed by atoms with Gasteiger partial charge in [-0.15, -0.1) is 11.8 Å². The van der Waals surface area contributed by atoms with E-state index in [0.717, 1.165) is 25.9 Å².